The van der Waals surface area contributed by atoms with Crippen molar-refractivity contribution in [2.45, 2.75) is 11.9 Å². The predicted octanol–water partition coefficient (Wildman–Crippen LogP) is 0.662. The minimum atomic E-state index is -4.38. The molecule has 1 rings (SSSR count). The van der Waals surface area contributed by atoms with E-state index < -0.39 is 15.6 Å². The second-order valence-corrected chi connectivity index (χ2v) is 4.49. The molecule has 6 heteroatoms. The molecule has 1 aromatic rings. The van der Waals surface area contributed by atoms with Crippen LogP contribution < -0.4 is 4.74 Å². The normalized spacial score (nSPS) is 13.5. The molecule has 2 N–H and O–H groups in total. The van der Waals surface area contributed by atoms with Crippen molar-refractivity contribution in [2.24, 2.45) is 0 Å². The Balaban J connectivity index is 2.35. The van der Waals surface area contributed by atoms with Crippen molar-refractivity contribution < 1.29 is 22.8 Å². The number of benzene rings is 1. The summed E-state index contributed by atoms with van der Waals surface area (Å²) in [5.74, 6) is 0.583. The summed E-state index contributed by atoms with van der Waals surface area (Å²) in [6, 6.07) is 8.78. The standard InChI is InChI=1S/C9H12O5S/c10-9(15(11,12)13)6-7-14-8-4-2-1-3-5-8/h1-5,9-10H,6-7H2,(H,11,12,13). The van der Waals surface area contributed by atoms with Crippen LogP contribution in [0, 0.1) is 0 Å². The Labute approximate surface area is 88.1 Å². The number of hydrogen-bond acceptors (Lipinski definition) is 4. The van der Waals surface area contributed by atoms with Crippen LogP contribution in [0.1, 0.15) is 6.42 Å². The van der Waals surface area contributed by atoms with E-state index in [1.165, 1.54) is 0 Å². The molecule has 0 saturated heterocycles. The lowest BCUT2D eigenvalue weighted by Crippen LogP contribution is -2.22. The van der Waals surface area contributed by atoms with Crippen LogP contribution in [0.2, 0.25) is 0 Å². The number of aliphatic hydroxyl groups excluding tert-OH is 1. The molecule has 0 aromatic heterocycles. The molecule has 1 unspecified atom stereocenters. The molecule has 0 heterocycles. The Hall–Kier alpha value is -1.11. The quantitative estimate of drug-likeness (QED) is 0.729. The Morgan fingerprint density at radius 2 is 1.87 bits per heavy atom. The minimum absolute atomic E-state index is 0.0188. The first-order valence-corrected chi connectivity index (χ1v) is 5.82. The highest BCUT2D eigenvalue weighted by molar-refractivity contribution is 7.86. The van der Waals surface area contributed by atoms with Gasteiger partial charge in [0.05, 0.1) is 6.61 Å². The molecule has 0 radical (unpaired) electrons. The molecule has 0 fully saturated rings. The first kappa shape index (κ1) is 12.0. The molecule has 0 amide bonds. The van der Waals surface area contributed by atoms with Crippen LogP contribution in [0.15, 0.2) is 30.3 Å². The van der Waals surface area contributed by atoms with Gasteiger partial charge in [0.15, 0.2) is 5.44 Å². The molecule has 84 valence electrons. The predicted molar refractivity (Wildman–Crippen MR) is 54.1 cm³/mol. The molecule has 0 aliphatic carbocycles. The highest BCUT2D eigenvalue weighted by Crippen LogP contribution is 2.09. The summed E-state index contributed by atoms with van der Waals surface area (Å²) in [6.07, 6.45) is -0.173. The third kappa shape index (κ3) is 4.28. The molecule has 1 atom stereocenters. The number of para-hydroxylation sites is 1. The lowest BCUT2D eigenvalue weighted by atomic mass is 10.3. The molecular weight excluding hydrogens is 220 g/mol. The zero-order chi connectivity index (χ0) is 11.3. The van der Waals surface area contributed by atoms with Gasteiger partial charge in [0.25, 0.3) is 10.1 Å². The zero-order valence-electron chi connectivity index (χ0n) is 7.91. The van der Waals surface area contributed by atoms with Crippen LogP contribution >= 0.6 is 0 Å². The Morgan fingerprint density at radius 3 is 2.40 bits per heavy atom. The van der Waals surface area contributed by atoms with Crippen LogP contribution in [-0.2, 0) is 10.1 Å². The van der Waals surface area contributed by atoms with Crippen LogP contribution in [0.3, 0.4) is 0 Å². The molecule has 0 saturated carbocycles. The fraction of sp³-hybridized carbons (Fsp3) is 0.333. The maximum Gasteiger partial charge on any atom is 0.292 e. The molecule has 15 heavy (non-hydrogen) atoms. The maximum atomic E-state index is 10.4. The highest BCUT2D eigenvalue weighted by Gasteiger charge is 2.18. The van der Waals surface area contributed by atoms with Crippen LogP contribution in [0.25, 0.3) is 0 Å². The topological polar surface area (TPSA) is 83.8 Å². The second-order valence-electron chi connectivity index (χ2n) is 2.92. The van der Waals surface area contributed by atoms with E-state index in [1.54, 1.807) is 24.3 Å². The van der Waals surface area contributed by atoms with E-state index >= 15 is 0 Å². The van der Waals surface area contributed by atoms with Gasteiger partial charge in [-0.15, -0.1) is 0 Å². The molecular formula is C9H12O5S. The second kappa shape index (κ2) is 5.11. The van der Waals surface area contributed by atoms with Crippen molar-refractivity contribution in [3.63, 3.8) is 0 Å². The minimum Gasteiger partial charge on any atom is -0.493 e. The van der Waals surface area contributed by atoms with Crippen molar-refractivity contribution in [3.8, 4) is 5.75 Å². The average molecular weight is 232 g/mol. The van der Waals surface area contributed by atoms with E-state index in [4.69, 9.17) is 14.4 Å². The zero-order valence-corrected chi connectivity index (χ0v) is 8.72. The van der Waals surface area contributed by atoms with Crippen molar-refractivity contribution >= 4 is 10.1 Å². The molecule has 5 nitrogen and oxygen atoms in total. The first-order chi connectivity index (χ1) is 7.00. The number of aliphatic hydroxyl groups is 1. The van der Waals surface area contributed by atoms with E-state index in [0.29, 0.717) is 5.75 Å². The Morgan fingerprint density at radius 1 is 1.27 bits per heavy atom. The summed E-state index contributed by atoms with van der Waals surface area (Å²) in [6.45, 7) is 0.0188. The molecule has 0 bridgehead atoms. The fourth-order valence-electron chi connectivity index (χ4n) is 0.943. The van der Waals surface area contributed by atoms with Gasteiger partial charge < -0.3 is 9.84 Å². The summed E-state index contributed by atoms with van der Waals surface area (Å²) in [5.41, 5.74) is -1.79. The Bertz CT molecular complexity index is 386. The molecule has 0 spiro atoms. The maximum absolute atomic E-state index is 10.4. The van der Waals surface area contributed by atoms with Gasteiger partial charge in [0.2, 0.25) is 0 Å². The molecule has 0 aliphatic heterocycles. The third-order valence-electron chi connectivity index (χ3n) is 1.72. The van der Waals surface area contributed by atoms with Gasteiger partial charge in [-0.3, -0.25) is 4.55 Å². The fourth-order valence-corrected chi connectivity index (χ4v) is 1.34. The summed E-state index contributed by atoms with van der Waals surface area (Å²) in [4.78, 5) is 0. The van der Waals surface area contributed by atoms with E-state index in [9.17, 15) is 8.42 Å². The number of hydrogen-bond donors (Lipinski definition) is 2. The van der Waals surface area contributed by atoms with Gasteiger partial charge in [-0.1, -0.05) is 18.2 Å². The van der Waals surface area contributed by atoms with Crippen LogP contribution in [-0.4, -0.2) is 30.1 Å². The number of ether oxygens (including phenoxy) is 1. The van der Waals surface area contributed by atoms with E-state index in [-0.39, 0.29) is 13.0 Å². The number of rotatable bonds is 5. The first-order valence-electron chi connectivity index (χ1n) is 4.32. The van der Waals surface area contributed by atoms with Gasteiger partial charge in [-0.2, -0.15) is 8.42 Å². The summed E-state index contributed by atoms with van der Waals surface area (Å²) in [7, 11) is -4.38. The monoisotopic (exact) mass is 232 g/mol. The lowest BCUT2D eigenvalue weighted by molar-refractivity contribution is 0.189. The van der Waals surface area contributed by atoms with Crippen molar-refractivity contribution in [2.75, 3.05) is 6.61 Å². The molecule has 1 aromatic carbocycles. The van der Waals surface area contributed by atoms with Crippen LogP contribution in [0.5, 0.6) is 5.75 Å². The van der Waals surface area contributed by atoms with Crippen molar-refractivity contribution in [3.05, 3.63) is 30.3 Å². The van der Waals surface area contributed by atoms with Crippen molar-refractivity contribution in [1.82, 2.24) is 0 Å². The smallest absolute Gasteiger partial charge is 0.292 e. The Kier molecular flexibility index (Phi) is 4.07. The summed E-state index contributed by atoms with van der Waals surface area (Å²) >= 11 is 0. The summed E-state index contributed by atoms with van der Waals surface area (Å²) in [5, 5.41) is 8.95. The van der Waals surface area contributed by atoms with Gasteiger partial charge in [0, 0.05) is 6.42 Å². The highest BCUT2D eigenvalue weighted by atomic mass is 32.2. The van der Waals surface area contributed by atoms with E-state index in [0.717, 1.165) is 0 Å². The van der Waals surface area contributed by atoms with E-state index in [1.807, 2.05) is 6.07 Å². The van der Waals surface area contributed by atoms with Gasteiger partial charge in [-0.05, 0) is 12.1 Å². The van der Waals surface area contributed by atoms with Crippen molar-refractivity contribution in [1.29, 1.82) is 0 Å². The van der Waals surface area contributed by atoms with E-state index in [2.05, 4.69) is 0 Å². The van der Waals surface area contributed by atoms with Gasteiger partial charge in [-0.25, -0.2) is 0 Å². The molecule has 0 aliphatic rings. The third-order valence-corrected chi connectivity index (χ3v) is 2.64. The van der Waals surface area contributed by atoms with Gasteiger partial charge >= 0.3 is 0 Å². The average Bonchev–Trinajstić information content (AvgIpc) is 2.18. The largest absolute Gasteiger partial charge is 0.493 e. The SMILES string of the molecule is O=S(=O)(O)C(O)CCOc1ccccc1. The lowest BCUT2D eigenvalue weighted by Gasteiger charge is -2.08. The summed E-state index contributed by atoms with van der Waals surface area (Å²) < 4.78 is 34.4. The van der Waals surface area contributed by atoms with Gasteiger partial charge in [0.1, 0.15) is 5.75 Å². The van der Waals surface area contributed by atoms with Crippen LogP contribution in [0.4, 0.5) is 0 Å².